The number of carbonyl (C=O) groups is 2. The van der Waals surface area contributed by atoms with Crippen molar-refractivity contribution in [2.24, 2.45) is 5.92 Å². The highest BCUT2D eigenvalue weighted by molar-refractivity contribution is 9.11. The molecule has 0 aromatic rings. The number of nitrogens with one attached hydrogen (secondary N) is 2. The predicted molar refractivity (Wildman–Crippen MR) is 79.4 cm³/mol. The van der Waals surface area contributed by atoms with Crippen LogP contribution < -0.4 is 10.6 Å². The summed E-state index contributed by atoms with van der Waals surface area (Å²) in [4.78, 5) is 21.9. The number of aliphatic carboxylic acids is 1. The minimum absolute atomic E-state index is 0.195. The lowest BCUT2D eigenvalue weighted by molar-refractivity contribution is -0.137. The maximum Gasteiger partial charge on any atom is 0.315 e. The lowest BCUT2D eigenvalue weighted by Gasteiger charge is -2.15. The molecule has 0 aromatic carbocycles. The van der Waals surface area contributed by atoms with E-state index in [0.717, 1.165) is 19.3 Å². The molecule has 1 atom stereocenters. The molecular weight excluding hydrogens is 312 g/mol. The molecule has 0 radical (unpaired) electrons. The highest BCUT2D eigenvalue weighted by Crippen LogP contribution is 2.17. The molecule has 0 saturated heterocycles. The maximum atomic E-state index is 11.4. The highest BCUT2D eigenvalue weighted by Gasteiger charge is 2.10. The van der Waals surface area contributed by atoms with Crippen LogP contribution in [0.2, 0.25) is 0 Å². The van der Waals surface area contributed by atoms with E-state index in [0.29, 0.717) is 29.9 Å². The normalized spacial score (nSPS) is 11.7. The van der Waals surface area contributed by atoms with Crippen LogP contribution in [0.5, 0.6) is 0 Å². The Labute approximate surface area is 123 Å². The van der Waals surface area contributed by atoms with E-state index in [4.69, 9.17) is 5.11 Å². The molecule has 1 unspecified atom stereocenters. The Balaban J connectivity index is 3.81. The van der Waals surface area contributed by atoms with Crippen LogP contribution in [0.25, 0.3) is 0 Å². The summed E-state index contributed by atoms with van der Waals surface area (Å²) in [7, 11) is 0. The number of urea groups is 1. The molecule has 6 heteroatoms. The summed E-state index contributed by atoms with van der Waals surface area (Å²) < 4.78 is 0.716. The molecule has 0 rings (SSSR count). The first-order valence-electron chi connectivity index (χ1n) is 6.52. The van der Waals surface area contributed by atoms with E-state index in [1.54, 1.807) is 0 Å². The highest BCUT2D eigenvalue weighted by atomic mass is 79.9. The minimum Gasteiger partial charge on any atom is -0.481 e. The van der Waals surface area contributed by atoms with E-state index in [9.17, 15) is 9.59 Å². The minimum atomic E-state index is -0.761. The topological polar surface area (TPSA) is 78.4 Å². The van der Waals surface area contributed by atoms with E-state index in [2.05, 4.69) is 40.1 Å². The van der Waals surface area contributed by atoms with Crippen molar-refractivity contribution in [3.05, 3.63) is 11.1 Å². The van der Waals surface area contributed by atoms with Crippen molar-refractivity contribution < 1.29 is 14.7 Å². The summed E-state index contributed by atoms with van der Waals surface area (Å²) >= 11 is 3.16. The van der Waals surface area contributed by atoms with Gasteiger partial charge in [0, 0.05) is 17.4 Å². The van der Waals surface area contributed by atoms with E-state index in [-0.39, 0.29) is 12.5 Å². The fourth-order valence-electron chi connectivity index (χ4n) is 1.80. The van der Waals surface area contributed by atoms with Gasteiger partial charge in [-0.3, -0.25) is 4.79 Å². The van der Waals surface area contributed by atoms with E-state index in [1.165, 1.54) is 0 Å². The summed E-state index contributed by atoms with van der Waals surface area (Å²) in [6, 6.07) is -0.228. The van der Waals surface area contributed by atoms with Gasteiger partial charge in [0.2, 0.25) is 0 Å². The van der Waals surface area contributed by atoms with Crippen LogP contribution in [0, 0.1) is 5.92 Å². The summed E-state index contributed by atoms with van der Waals surface area (Å²) in [5, 5.41) is 14.1. The van der Waals surface area contributed by atoms with Crippen LogP contribution in [0.1, 0.15) is 39.0 Å². The van der Waals surface area contributed by atoms with Crippen molar-refractivity contribution in [2.75, 3.05) is 13.1 Å². The van der Waals surface area contributed by atoms with Gasteiger partial charge in [-0.15, -0.1) is 0 Å². The standard InChI is InChI=1S/C13H23BrN2O3/c1-3-4-11(5-6-12(17)18)7-8-15-13(19)16-9-10(2)14/h11H,2-9H2,1H3,(H,17,18)(H2,15,16,19). The Kier molecular flexibility index (Phi) is 10.2. The maximum absolute atomic E-state index is 11.4. The molecule has 3 N–H and O–H groups in total. The van der Waals surface area contributed by atoms with Gasteiger partial charge in [0.1, 0.15) is 0 Å². The second-order valence-corrected chi connectivity index (χ2v) is 5.62. The Morgan fingerprint density at radius 2 is 1.95 bits per heavy atom. The molecule has 0 saturated carbocycles. The summed E-state index contributed by atoms with van der Waals surface area (Å²) in [6.07, 6.45) is 3.70. The number of carboxylic acids is 1. The van der Waals surface area contributed by atoms with Crippen LogP contribution >= 0.6 is 15.9 Å². The number of halogens is 1. The number of rotatable bonds is 10. The monoisotopic (exact) mass is 334 g/mol. The fraction of sp³-hybridized carbons (Fsp3) is 0.692. The molecule has 0 aliphatic heterocycles. The molecule has 0 bridgehead atoms. The summed E-state index contributed by atoms with van der Waals surface area (Å²) in [5.74, 6) is -0.407. The lowest BCUT2D eigenvalue weighted by atomic mass is 9.94. The van der Waals surface area contributed by atoms with Gasteiger partial charge in [0.05, 0.1) is 6.54 Å². The van der Waals surface area contributed by atoms with Crippen LogP contribution in [0.4, 0.5) is 4.79 Å². The quantitative estimate of drug-likeness (QED) is 0.574. The zero-order valence-corrected chi connectivity index (χ0v) is 13.0. The third-order valence-corrected chi connectivity index (χ3v) is 3.02. The molecule has 110 valence electrons. The number of amides is 2. The number of hydrogen-bond acceptors (Lipinski definition) is 2. The molecule has 0 aliphatic rings. The second kappa shape index (κ2) is 10.8. The van der Waals surface area contributed by atoms with Crippen molar-refractivity contribution in [1.29, 1.82) is 0 Å². The van der Waals surface area contributed by atoms with Crippen LogP contribution in [0.15, 0.2) is 11.1 Å². The Hall–Kier alpha value is -1.04. The zero-order chi connectivity index (χ0) is 14.7. The second-order valence-electron chi connectivity index (χ2n) is 4.50. The van der Waals surface area contributed by atoms with Gasteiger partial charge in [-0.2, -0.15) is 0 Å². The Bertz CT molecular complexity index is 308. The molecular formula is C13H23BrN2O3. The fourth-order valence-corrected chi connectivity index (χ4v) is 1.94. The van der Waals surface area contributed by atoms with Crippen molar-refractivity contribution in [3.8, 4) is 0 Å². The summed E-state index contributed by atoms with van der Waals surface area (Å²) in [5.41, 5.74) is 0. The third-order valence-electron chi connectivity index (χ3n) is 2.74. The van der Waals surface area contributed by atoms with Gasteiger partial charge in [-0.25, -0.2) is 4.79 Å². The average Bonchev–Trinajstić information content (AvgIpc) is 2.33. The van der Waals surface area contributed by atoms with Gasteiger partial charge >= 0.3 is 12.0 Å². The van der Waals surface area contributed by atoms with E-state index in [1.807, 2.05) is 0 Å². The number of hydrogen-bond donors (Lipinski definition) is 3. The molecule has 0 heterocycles. The molecule has 0 spiro atoms. The van der Waals surface area contributed by atoms with Crippen LogP contribution in [-0.4, -0.2) is 30.2 Å². The first-order chi connectivity index (χ1) is 8.95. The molecule has 0 fully saturated rings. The van der Waals surface area contributed by atoms with Crippen molar-refractivity contribution in [1.82, 2.24) is 10.6 Å². The average molecular weight is 335 g/mol. The Morgan fingerprint density at radius 3 is 2.47 bits per heavy atom. The Morgan fingerprint density at radius 1 is 1.26 bits per heavy atom. The van der Waals surface area contributed by atoms with Gasteiger partial charge in [-0.05, 0) is 18.8 Å². The van der Waals surface area contributed by atoms with E-state index < -0.39 is 5.97 Å². The van der Waals surface area contributed by atoms with Gasteiger partial charge in [0.25, 0.3) is 0 Å². The molecule has 0 aromatic heterocycles. The van der Waals surface area contributed by atoms with Crippen molar-refractivity contribution in [3.63, 3.8) is 0 Å². The van der Waals surface area contributed by atoms with Gasteiger partial charge < -0.3 is 15.7 Å². The van der Waals surface area contributed by atoms with Gasteiger partial charge in [0.15, 0.2) is 0 Å². The van der Waals surface area contributed by atoms with Crippen LogP contribution in [-0.2, 0) is 4.79 Å². The van der Waals surface area contributed by atoms with Crippen LogP contribution in [0.3, 0.4) is 0 Å². The molecule has 0 aliphatic carbocycles. The predicted octanol–water partition coefficient (Wildman–Crippen LogP) is 2.87. The molecule has 2 amide bonds. The SMILES string of the molecule is C=C(Br)CNC(=O)NCCC(CCC)CCC(=O)O. The summed E-state index contributed by atoms with van der Waals surface area (Å²) in [6.45, 7) is 6.65. The van der Waals surface area contributed by atoms with E-state index >= 15 is 0 Å². The lowest BCUT2D eigenvalue weighted by Crippen LogP contribution is -2.37. The smallest absolute Gasteiger partial charge is 0.315 e. The zero-order valence-electron chi connectivity index (χ0n) is 11.4. The first-order valence-corrected chi connectivity index (χ1v) is 7.31. The number of carboxylic acid groups (broad SMARTS) is 1. The largest absolute Gasteiger partial charge is 0.481 e. The molecule has 5 nitrogen and oxygen atoms in total. The van der Waals surface area contributed by atoms with Crippen molar-refractivity contribution >= 4 is 27.9 Å². The third kappa shape index (κ3) is 11.8. The number of carbonyl (C=O) groups excluding carboxylic acids is 1. The van der Waals surface area contributed by atoms with Gasteiger partial charge in [-0.1, -0.05) is 42.3 Å². The van der Waals surface area contributed by atoms with Crippen molar-refractivity contribution in [2.45, 2.75) is 39.0 Å². The molecule has 19 heavy (non-hydrogen) atoms. The first kappa shape index (κ1) is 18.0.